The third-order valence-electron chi connectivity index (χ3n) is 12.1. The first-order valence-corrected chi connectivity index (χ1v) is 19.7. The van der Waals surface area contributed by atoms with Crippen molar-refractivity contribution < 1.29 is 0 Å². The van der Waals surface area contributed by atoms with Crippen LogP contribution in [0.3, 0.4) is 0 Å². The second-order valence-corrected chi connectivity index (χ2v) is 15.8. The van der Waals surface area contributed by atoms with E-state index in [4.69, 9.17) is 9.97 Å². The predicted molar refractivity (Wildman–Crippen MR) is 239 cm³/mol. The van der Waals surface area contributed by atoms with Gasteiger partial charge in [0.1, 0.15) is 0 Å². The molecule has 0 fully saturated rings. The zero-order chi connectivity index (χ0) is 38.1. The van der Waals surface area contributed by atoms with Crippen molar-refractivity contribution in [3.63, 3.8) is 0 Å². The summed E-state index contributed by atoms with van der Waals surface area (Å²) in [5.74, 6) is 0.715. The van der Waals surface area contributed by atoms with Gasteiger partial charge in [-0.05, 0) is 101 Å². The summed E-state index contributed by atoms with van der Waals surface area (Å²) >= 11 is 0. The van der Waals surface area contributed by atoms with E-state index in [-0.39, 0.29) is 5.41 Å². The van der Waals surface area contributed by atoms with Crippen molar-refractivity contribution >= 4 is 32.3 Å². The first-order valence-electron chi connectivity index (χ1n) is 19.7. The van der Waals surface area contributed by atoms with Gasteiger partial charge in [0.15, 0.2) is 5.82 Å². The van der Waals surface area contributed by atoms with Gasteiger partial charge in [-0.3, -0.25) is 0 Å². The SMILES string of the molecule is CC1(C)c2ccc(-c3ccc(-c4ccc(-c5cc(-c6cccc7ccccc67)nc(-c6ccccc6)n5)c5ccccc45)cc3)cc2-c2cc3ccccc3cc21. The Morgan fingerprint density at radius 3 is 1.61 bits per heavy atom. The molecule has 0 amide bonds. The minimum Gasteiger partial charge on any atom is -0.228 e. The molecule has 0 radical (unpaired) electrons. The second-order valence-electron chi connectivity index (χ2n) is 15.8. The molecule has 1 aliphatic carbocycles. The van der Waals surface area contributed by atoms with Crippen LogP contribution in [0.15, 0.2) is 194 Å². The highest BCUT2D eigenvalue weighted by Gasteiger charge is 2.35. The van der Waals surface area contributed by atoms with E-state index in [2.05, 4.69) is 190 Å². The van der Waals surface area contributed by atoms with Crippen molar-refractivity contribution in [2.75, 3.05) is 0 Å². The van der Waals surface area contributed by atoms with Crippen LogP contribution in [0.1, 0.15) is 25.0 Å². The lowest BCUT2D eigenvalue weighted by Gasteiger charge is -2.22. The molecule has 0 spiro atoms. The number of aromatic nitrogens is 2. The molecule has 0 N–H and O–H groups in total. The van der Waals surface area contributed by atoms with Crippen molar-refractivity contribution in [1.82, 2.24) is 9.97 Å². The molecule has 1 aliphatic rings. The molecule has 1 aromatic heterocycles. The second kappa shape index (κ2) is 13.0. The normalized spacial score (nSPS) is 12.9. The molecule has 0 bridgehead atoms. The minimum atomic E-state index is -0.0449. The Kier molecular flexibility index (Phi) is 7.55. The quantitative estimate of drug-likeness (QED) is 0.176. The summed E-state index contributed by atoms with van der Waals surface area (Å²) in [7, 11) is 0. The van der Waals surface area contributed by atoms with Crippen LogP contribution in [0.25, 0.3) is 99.6 Å². The van der Waals surface area contributed by atoms with Crippen molar-refractivity contribution in [1.29, 1.82) is 0 Å². The highest BCUT2D eigenvalue weighted by molar-refractivity contribution is 6.05. The summed E-state index contributed by atoms with van der Waals surface area (Å²) in [5, 5.41) is 7.31. The molecule has 0 saturated carbocycles. The molecule has 0 unspecified atom stereocenters. The van der Waals surface area contributed by atoms with E-state index in [1.165, 1.54) is 71.4 Å². The Morgan fingerprint density at radius 1 is 0.316 bits per heavy atom. The van der Waals surface area contributed by atoms with Crippen molar-refractivity contribution in [2.45, 2.75) is 19.3 Å². The standard InChI is InChI=1S/C55H38N2/c1-55(2)50-30-27-41(32-48(50)49-31-39-16-6-7-17-40(39)33-51(49)55)35-23-25-37(26-24-35)43-28-29-47(45-21-11-10-20-44(43)45)53-34-52(56-54(57-53)38-14-4-3-5-15-38)46-22-12-18-36-13-8-9-19-42(36)46/h3-34H,1-2H3. The number of nitrogens with zero attached hydrogens (tertiary/aromatic N) is 2. The van der Waals surface area contributed by atoms with Gasteiger partial charge in [-0.2, -0.15) is 0 Å². The maximum atomic E-state index is 5.23. The molecule has 1 heterocycles. The molecule has 0 aliphatic heterocycles. The van der Waals surface area contributed by atoms with E-state index in [9.17, 15) is 0 Å². The number of fused-ring (bicyclic) bond motifs is 6. The zero-order valence-electron chi connectivity index (χ0n) is 31.9. The fourth-order valence-electron chi connectivity index (χ4n) is 9.12. The summed E-state index contributed by atoms with van der Waals surface area (Å²) in [4.78, 5) is 10.4. The Labute approximate surface area is 332 Å². The highest BCUT2D eigenvalue weighted by Crippen LogP contribution is 2.51. The number of hydrogen-bond donors (Lipinski definition) is 0. The summed E-state index contributed by atoms with van der Waals surface area (Å²) in [5.41, 5.74) is 15.3. The number of rotatable bonds is 5. The lowest BCUT2D eigenvalue weighted by Crippen LogP contribution is -2.14. The predicted octanol–water partition coefficient (Wildman–Crippen LogP) is 14.6. The molecule has 9 aromatic carbocycles. The van der Waals surface area contributed by atoms with Gasteiger partial charge in [-0.1, -0.05) is 184 Å². The van der Waals surface area contributed by atoms with E-state index >= 15 is 0 Å². The first-order chi connectivity index (χ1) is 28.0. The van der Waals surface area contributed by atoms with Crippen molar-refractivity contribution in [3.8, 4) is 67.3 Å². The van der Waals surface area contributed by atoms with Gasteiger partial charge >= 0.3 is 0 Å². The average molecular weight is 727 g/mol. The molecular weight excluding hydrogens is 689 g/mol. The van der Waals surface area contributed by atoms with Crippen LogP contribution in [0.5, 0.6) is 0 Å². The van der Waals surface area contributed by atoms with Gasteiger partial charge < -0.3 is 0 Å². The third-order valence-corrected chi connectivity index (χ3v) is 12.1. The Morgan fingerprint density at radius 2 is 0.860 bits per heavy atom. The fraction of sp³-hybridized carbons (Fsp3) is 0.0545. The van der Waals surface area contributed by atoms with Crippen LogP contribution < -0.4 is 0 Å². The van der Waals surface area contributed by atoms with Gasteiger partial charge in [0.2, 0.25) is 0 Å². The maximum Gasteiger partial charge on any atom is 0.160 e. The average Bonchev–Trinajstić information content (AvgIpc) is 3.49. The number of hydrogen-bond acceptors (Lipinski definition) is 2. The van der Waals surface area contributed by atoms with Crippen LogP contribution >= 0.6 is 0 Å². The van der Waals surface area contributed by atoms with Crippen molar-refractivity contribution in [3.05, 3.63) is 205 Å². The fourth-order valence-corrected chi connectivity index (χ4v) is 9.12. The van der Waals surface area contributed by atoms with Crippen LogP contribution in [0, 0.1) is 0 Å². The maximum absolute atomic E-state index is 5.23. The summed E-state index contributed by atoms with van der Waals surface area (Å²) in [6.45, 7) is 4.71. The van der Waals surface area contributed by atoms with Gasteiger partial charge in [0, 0.05) is 22.1 Å². The summed E-state index contributed by atoms with van der Waals surface area (Å²) < 4.78 is 0. The van der Waals surface area contributed by atoms with Crippen LogP contribution in [0.2, 0.25) is 0 Å². The summed E-state index contributed by atoms with van der Waals surface area (Å²) in [6.07, 6.45) is 0. The Hall–Kier alpha value is -7.16. The van der Waals surface area contributed by atoms with E-state index in [1.54, 1.807) is 0 Å². The van der Waals surface area contributed by atoms with Crippen LogP contribution in [0.4, 0.5) is 0 Å². The van der Waals surface area contributed by atoms with Crippen molar-refractivity contribution in [2.24, 2.45) is 0 Å². The minimum absolute atomic E-state index is 0.0449. The van der Waals surface area contributed by atoms with Gasteiger partial charge in [0.05, 0.1) is 11.4 Å². The Bertz CT molecular complexity index is 3190. The lowest BCUT2D eigenvalue weighted by atomic mass is 9.81. The highest BCUT2D eigenvalue weighted by atomic mass is 14.9. The molecule has 2 nitrogen and oxygen atoms in total. The van der Waals surface area contributed by atoms with E-state index in [1.807, 2.05) is 18.2 Å². The van der Waals surface area contributed by atoms with Crippen LogP contribution in [-0.4, -0.2) is 9.97 Å². The molecule has 10 aromatic rings. The molecule has 268 valence electrons. The molecule has 57 heavy (non-hydrogen) atoms. The lowest BCUT2D eigenvalue weighted by molar-refractivity contribution is 0.661. The topological polar surface area (TPSA) is 25.8 Å². The van der Waals surface area contributed by atoms with E-state index in [0.717, 1.165) is 33.5 Å². The van der Waals surface area contributed by atoms with Gasteiger partial charge in [0.25, 0.3) is 0 Å². The monoisotopic (exact) mass is 726 g/mol. The molecular formula is C55H38N2. The van der Waals surface area contributed by atoms with Gasteiger partial charge in [-0.15, -0.1) is 0 Å². The van der Waals surface area contributed by atoms with E-state index < -0.39 is 0 Å². The zero-order valence-corrected chi connectivity index (χ0v) is 31.9. The number of benzene rings is 9. The summed E-state index contributed by atoms with van der Waals surface area (Å²) in [6, 6.07) is 70.2. The molecule has 2 heteroatoms. The van der Waals surface area contributed by atoms with E-state index in [0.29, 0.717) is 5.82 Å². The smallest absolute Gasteiger partial charge is 0.160 e. The molecule has 0 atom stereocenters. The molecule has 0 saturated heterocycles. The first kappa shape index (κ1) is 33.2. The molecule has 11 rings (SSSR count). The van der Waals surface area contributed by atoms with Gasteiger partial charge in [-0.25, -0.2) is 9.97 Å². The van der Waals surface area contributed by atoms with Crippen LogP contribution in [-0.2, 0) is 5.41 Å². The third kappa shape index (κ3) is 5.48. The Balaban J connectivity index is 0.993. The largest absolute Gasteiger partial charge is 0.228 e.